The lowest BCUT2D eigenvalue weighted by Crippen LogP contribution is -2.50. The molecule has 19 heavy (non-hydrogen) atoms. The minimum Gasteiger partial charge on any atom is -0.315 e. The van der Waals surface area contributed by atoms with E-state index in [0.717, 1.165) is 12.6 Å². The van der Waals surface area contributed by atoms with E-state index in [1.165, 1.54) is 55.0 Å². The van der Waals surface area contributed by atoms with Crippen molar-refractivity contribution in [3.8, 4) is 0 Å². The number of thiophene rings is 1. The SMILES string of the molecule is Brc1cc(CN2CCN(C3CCNC3)CC2)cs1.Cl. The molecular formula is C13H21BrClN3S. The zero-order chi connectivity index (χ0) is 12.4. The highest BCUT2D eigenvalue weighted by molar-refractivity contribution is 9.11. The van der Waals surface area contributed by atoms with Crippen molar-refractivity contribution in [1.82, 2.24) is 15.1 Å². The van der Waals surface area contributed by atoms with Crippen LogP contribution in [0.3, 0.4) is 0 Å². The maximum absolute atomic E-state index is 3.54. The summed E-state index contributed by atoms with van der Waals surface area (Å²) in [4.78, 5) is 5.24. The Hall–Kier alpha value is 0.350. The van der Waals surface area contributed by atoms with Crippen molar-refractivity contribution < 1.29 is 0 Å². The van der Waals surface area contributed by atoms with Crippen LogP contribution >= 0.6 is 39.7 Å². The molecular weight excluding hydrogens is 346 g/mol. The van der Waals surface area contributed by atoms with Crippen LogP contribution in [0.15, 0.2) is 15.2 Å². The largest absolute Gasteiger partial charge is 0.315 e. The molecule has 2 aliphatic rings. The van der Waals surface area contributed by atoms with Gasteiger partial charge in [0, 0.05) is 45.3 Å². The summed E-state index contributed by atoms with van der Waals surface area (Å²) in [5.41, 5.74) is 1.45. The van der Waals surface area contributed by atoms with E-state index >= 15 is 0 Å². The molecule has 0 spiro atoms. The summed E-state index contributed by atoms with van der Waals surface area (Å²) in [6.07, 6.45) is 1.33. The maximum atomic E-state index is 3.54. The predicted molar refractivity (Wildman–Crippen MR) is 87.4 cm³/mol. The Morgan fingerprint density at radius 3 is 2.68 bits per heavy atom. The Labute approximate surface area is 133 Å². The molecule has 1 aromatic rings. The molecule has 0 aromatic carbocycles. The van der Waals surface area contributed by atoms with Gasteiger partial charge in [0.1, 0.15) is 0 Å². The Bertz CT molecular complexity index is 387. The number of hydrogen-bond donors (Lipinski definition) is 1. The number of piperazine rings is 1. The van der Waals surface area contributed by atoms with Crippen LogP contribution in [0.1, 0.15) is 12.0 Å². The highest BCUT2D eigenvalue weighted by atomic mass is 79.9. The van der Waals surface area contributed by atoms with E-state index < -0.39 is 0 Å². The summed E-state index contributed by atoms with van der Waals surface area (Å²) in [7, 11) is 0. The molecule has 0 amide bonds. The fourth-order valence-electron chi connectivity index (χ4n) is 2.92. The number of nitrogens with zero attached hydrogens (tertiary/aromatic N) is 2. The van der Waals surface area contributed by atoms with Crippen LogP contribution < -0.4 is 5.32 Å². The van der Waals surface area contributed by atoms with Gasteiger partial charge >= 0.3 is 0 Å². The van der Waals surface area contributed by atoms with E-state index in [-0.39, 0.29) is 12.4 Å². The van der Waals surface area contributed by atoms with Crippen LogP contribution in [0, 0.1) is 0 Å². The smallest absolute Gasteiger partial charge is 0.0701 e. The molecule has 0 radical (unpaired) electrons. The van der Waals surface area contributed by atoms with Gasteiger partial charge in [-0.25, -0.2) is 0 Å². The Morgan fingerprint density at radius 1 is 1.32 bits per heavy atom. The first-order valence-electron chi connectivity index (χ1n) is 6.71. The zero-order valence-electron chi connectivity index (χ0n) is 11.0. The molecule has 0 aliphatic carbocycles. The second kappa shape index (κ2) is 7.38. The minimum absolute atomic E-state index is 0. The number of nitrogens with one attached hydrogen (secondary N) is 1. The molecule has 3 heterocycles. The average molecular weight is 367 g/mol. The molecule has 0 bridgehead atoms. The van der Waals surface area contributed by atoms with Crippen molar-refractivity contribution in [2.24, 2.45) is 0 Å². The molecule has 1 atom stereocenters. The van der Waals surface area contributed by atoms with Gasteiger partial charge in [-0.3, -0.25) is 9.80 Å². The molecule has 1 N–H and O–H groups in total. The lowest BCUT2D eigenvalue weighted by atomic mass is 10.2. The zero-order valence-corrected chi connectivity index (χ0v) is 14.2. The molecule has 3 rings (SSSR count). The van der Waals surface area contributed by atoms with E-state index in [9.17, 15) is 0 Å². The van der Waals surface area contributed by atoms with E-state index in [1.807, 2.05) is 0 Å². The Kier molecular flexibility index (Phi) is 6.11. The van der Waals surface area contributed by atoms with Gasteiger partial charge in [-0.15, -0.1) is 23.7 Å². The highest BCUT2D eigenvalue weighted by Crippen LogP contribution is 2.22. The van der Waals surface area contributed by atoms with Gasteiger partial charge in [0.05, 0.1) is 3.79 Å². The third-order valence-electron chi connectivity index (χ3n) is 3.99. The van der Waals surface area contributed by atoms with Gasteiger partial charge in [-0.2, -0.15) is 0 Å². The second-order valence-corrected chi connectivity index (χ2v) is 7.51. The van der Waals surface area contributed by atoms with Gasteiger partial charge in [0.15, 0.2) is 0 Å². The topological polar surface area (TPSA) is 18.5 Å². The molecule has 2 saturated heterocycles. The summed E-state index contributed by atoms with van der Waals surface area (Å²) in [5.74, 6) is 0. The summed E-state index contributed by atoms with van der Waals surface area (Å²) < 4.78 is 1.24. The first-order chi connectivity index (χ1) is 8.81. The first kappa shape index (κ1) is 15.7. The second-order valence-electron chi connectivity index (χ2n) is 5.22. The van der Waals surface area contributed by atoms with Crippen molar-refractivity contribution in [3.63, 3.8) is 0 Å². The molecule has 1 aromatic heterocycles. The molecule has 3 nitrogen and oxygen atoms in total. The van der Waals surface area contributed by atoms with Crippen LogP contribution in [0.5, 0.6) is 0 Å². The third-order valence-corrected chi connectivity index (χ3v) is 5.54. The number of halogens is 2. The van der Waals surface area contributed by atoms with Crippen molar-refractivity contribution in [2.75, 3.05) is 39.3 Å². The van der Waals surface area contributed by atoms with Gasteiger partial charge < -0.3 is 5.32 Å². The third kappa shape index (κ3) is 4.16. The van der Waals surface area contributed by atoms with Crippen LogP contribution in [0.2, 0.25) is 0 Å². The predicted octanol–water partition coefficient (Wildman–Crippen LogP) is 2.41. The quantitative estimate of drug-likeness (QED) is 0.886. The van der Waals surface area contributed by atoms with Gasteiger partial charge in [0.25, 0.3) is 0 Å². The van der Waals surface area contributed by atoms with Crippen LogP contribution in [0.4, 0.5) is 0 Å². The fraction of sp³-hybridized carbons (Fsp3) is 0.692. The molecule has 2 aliphatic heterocycles. The average Bonchev–Trinajstić information content (AvgIpc) is 3.02. The molecule has 6 heteroatoms. The lowest BCUT2D eigenvalue weighted by Gasteiger charge is -2.37. The monoisotopic (exact) mass is 365 g/mol. The first-order valence-corrected chi connectivity index (χ1v) is 8.38. The van der Waals surface area contributed by atoms with Crippen molar-refractivity contribution in [2.45, 2.75) is 19.0 Å². The van der Waals surface area contributed by atoms with E-state index in [4.69, 9.17) is 0 Å². The fourth-order valence-corrected chi connectivity index (χ4v) is 4.12. The molecule has 2 fully saturated rings. The molecule has 0 saturated carbocycles. The van der Waals surface area contributed by atoms with Crippen molar-refractivity contribution in [1.29, 1.82) is 0 Å². The van der Waals surface area contributed by atoms with Crippen molar-refractivity contribution in [3.05, 3.63) is 20.8 Å². The molecule has 1 unspecified atom stereocenters. The standard InChI is InChI=1S/C13H20BrN3S.ClH/c14-13-7-11(10-18-13)9-16-3-5-17(6-4-16)12-1-2-15-8-12;/h7,10,12,15H,1-6,8-9H2;1H. The van der Waals surface area contributed by atoms with Gasteiger partial charge in [-0.1, -0.05) is 0 Å². The summed E-state index contributed by atoms with van der Waals surface area (Å²) in [6.45, 7) is 8.40. The van der Waals surface area contributed by atoms with Crippen molar-refractivity contribution >= 4 is 39.7 Å². The van der Waals surface area contributed by atoms with E-state index in [0.29, 0.717) is 0 Å². The van der Waals surface area contributed by atoms with Crippen LogP contribution in [0.25, 0.3) is 0 Å². The summed E-state index contributed by atoms with van der Waals surface area (Å²) in [6, 6.07) is 3.04. The van der Waals surface area contributed by atoms with Crippen LogP contribution in [-0.4, -0.2) is 55.1 Å². The Balaban J connectivity index is 0.00000133. The highest BCUT2D eigenvalue weighted by Gasteiger charge is 2.25. The number of hydrogen-bond acceptors (Lipinski definition) is 4. The summed E-state index contributed by atoms with van der Waals surface area (Å²) in [5, 5.41) is 5.73. The lowest BCUT2D eigenvalue weighted by molar-refractivity contribution is 0.0982. The van der Waals surface area contributed by atoms with Crippen LogP contribution in [-0.2, 0) is 6.54 Å². The summed E-state index contributed by atoms with van der Waals surface area (Å²) >= 11 is 5.32. The number of rotatable bonds is 3. The molecule has 108 valence electrons. The Morgan fingerprint density at radius 2 is 2.11 bits per heavy atom. The maximum Gasteiger partial charge on any atom is 0.0701 e. The normalized spacial score (nSPS) is 25.4. The van der Waals surface area contributed by atoms with E-state index in [2.05, 4.69) is 42.5 Å². The van der Waals surface area contributed by atoms with Gasteiger partial charge in [-0.05, 0) is 45.9 Å². The van der Waals surface area contributed by atoms with Gasteiger partial charge in [0.2, 0.25) is 0 Å². The minimum atomic E-state index is 0. The van der Waals surface area contributed by atoms with E-state index in [1.54, 1.807) is 11.3 Å².